The van der Waals surface area contributed by atoms with Gasteiger partial charge < -0.3 is 9.64 Å². The number of halogens is 2. The molecule has 0 fully saturated rings. The summed E-state index contributed by atoms with van der Waals surface area (Å²) in [5, 5.41) is 0. The molecule has 1 amide bonds. The maximum absolute atomic E-state index is 13.3. The highest BCUT2D eigenvalue weighted by Crippen LogP contribution is 2.30. The van der Waals surface area contributed by atoms with Gasteiger partial charge in [0.05, 0.1) is 17.9 Å². The Balaban J connectivity index is 2.03. The van der Waals surface area contributed by atoms with Gasteiger partial charge in [-0.05, 0) is 18.4 Å². The lowest BCUT2D eigenvalue weighted by molar-refractivity contribution is -0.114. The number of benzene rings is 1. The van der Waals surface area contributed by atoms with E-state index in [2.05, 4.69) is 13.8 Å². The number of Topliss-reactive ketones (excluding diaryl/α,β-unsaturated/α-hetero) is 1. The fourth-order valence-electron chi connectivity index (χ4n) is 2.09. The topological polar surface area (TPSA) is 46.6 Å². The average Bonchev–Trinajstić information content (AvgIpc) is 2.64. The third-order valence-corrected chi connectivity index (χ3v) is 3.31. The van der Waals surface area contributed by atoms with Gasteiger partial charge in [-0.15, -0.1) is 0 Å². The van der Waals surface area contributed by atoms with E-state index in [0.717, 1.165) is 23.5 Å². The summed E-state index contributed by atoms with van der Waals surface area (Å²) in [5.41, 5.74) is 0.0115. The quantitative estimate of drug-likeness (QED) is 0.599. The first-order valence-electron chi connectivity index (χ1n) is 6.84. The van der Waals surface area contributed by atoms with Crippen molar-refractivity contribution >= 4 is 17.4 Å². The van der Waals surface area contributed by atoms with Crippen LogP contribution in [0.1, 0.15) is 30.6 Å². The van der Waals surface area contributed by atoms with Crippen molar-refractivity contribution in [3.63, 3.8) is 0 Å². The molecular weight excluding hydrogens is 280 g/mol. The molecule has 0 saturated heterocycles. The monoisotopic (exact) mass is 297 g/mol. The van der Waals surface area contributed by atoms with Gasteiger partial charge in [-0.25, -0.2) is 8.78 Å². The van der Waals surface area contributed by atoms with Gasteiger partial charge in [0, 0.05) is 19.2 Å². The summed E-state index contributed by atoms with van der Waals surface area (Å²) in [7, 11) is 0. The van der Waals surface area contributed by atoms with Crippen LogP contribution in [0.3, 0.4) is 0 Å². The van der Waals surface area contributed by atoms with Gasteiger partial charge in [-0.2, -0.15) is 0 Å². The normalized spacial score (nSPS) is 14.2. The molecule has 0 spiro atoms. The van der Waals surface area contributed by atoms with E-state index in [4.69, 9.17) is 4.74 Å². The fourth-order valence-corrected chi connectivity index (χ4v) is 2.09. The standard InChI is InChI=1S/C15H17F2NO3/c1-9(2)3-5-21-6-4-18-13-8-12(17)11(16)7-10(13)14(19)15(18)20/h7-9H,3-6H2,1-2H3. The SMILES string of the molecule is CC(C)CCOCCN1C(=O)C(=O)c2cc(F)c(F)cc21. The van der Waals surface area contributed by atoms with E-state index >= 15 is 0 Å². The maximum atomic E-state index is 13.3. The zero-order valence-electron chi connectivity index (χ0n) is 12.0. The van der Waals surface area contributed by atoms with Crippen LogP contribution in [0.5, 0.6) is 0 Å². The van der Waals surface area contributed by atoms with E-state index in [9.17, 15) is 18.4 Å². The molecule has 1 aromatic carbocycles. The Kier molecular flexibility index (Phi) is 4.67. The zero-order chi connectivity index (χ0) is 15.6. The van der Waals surface area contributed by atoms with Crippen molar-refractivity contribution in [2.24, 2.45) is 5.92 Å². The van der Waals surface area contributed by atoms with Crippen LogP contribution in [0.4, 0.5) is 14.5 Å². The molecule has 2 rings (SSSR count). The summed E-state index contributed by atoms with van der Waals surface area (Å²) in [6.07, 6.45) is 0.892. The largest absolute Gasteiger partial charge is 0.380 e. The molecule has 0 radical (unpaired) electrons. The number of anilines is 1. The molecule has 0 N–H and O–H groups in total. The predicted molar refractivity (Wildman–Crippen MR) is 73.3 cm³/mol. The smallest absolute Gasteiger partial charge is 0.299 e. The Morgan fingerprint density at radius 3 is 2.48 bits per heavy atom. The van der Waals surface area contributed by atoms with Crippen LogP contribution in [0, 0.1) is 17.6 Å². The van der Waals surface area contributed by atoms with Crippen molar-refractivity contribution in [3.05, 3.63) is 29.3 Å². The number of fused-ring (bicyclic) bond motifs is 1. The molecule has 0 aromatic heterocycles. The van der Waals surface area contributed by atoms with Crippen LogP contribution in [-0.4, -0.2) is 31.4 Å². The molecular formula is C15H17F2NO3. The highest BCUT2D eigenvalue weighted by Gasteiger charge is 2.36. The highest BCUT2D eigenvalue weighted by molar-refractivity contribution is 6.52. The van der Waals surface area contributed by atoms with Crippen molar-refractivity contribution in [1.82, 2.24) is 0 Å². The second kappa shape index (κ2) is 6.30. The van der Waals surface area contributed by atoms with Gasteiger partial charge in [0.2, 0.25) is 0 Å². The number of nitrogens with zero attached hydrogens (tertiary/aromatic N) is 1. The summed E-state index contributed by atoms with van der Waals surface area (Å²) in [6.45, 7) is 5.07. The van der Waals surface area contributed by atoms with Crippen molar-refractivity contribution in [3.8, 4) is 0 Å². The maximum Gasteiger partial charge on any atom is 0.299 e. The Morgan fingerprint density at radius 1 is 1.14 bits per heavy atom. The van der Waals surface area contributed by atoms with Crippen LogP contribution in [-0.2, 0) is 9.53 Å². The van der Waals surface area contributed by atoms with Crippen molar-refractivity contribution in [2.75, 3.05) is 24.7 Å². The van der Waals surface area contributed by atoms with Gasteiger partial charge in [-0.3, -0.25) is 9.59 Å². The highest BCUT2D eigenvalue weighted by atomic mass is 19.2. The zero-order valence-corrected chi connectivity index (χ0v) is 12.0. The summed E-state index contributed by atoms with van der Waals surface area (Å²) < 4.78 is 31.8. The van der Waals surface area contributed by atoms with E-state index in [1.54, 1.807) is 0 Å². The number of hydrogen-bond acceptors (Lipinski definition) is 3. The minimum Gasteiger partial charge on any atom is -0.380 e. The molecule has 21 heavy (non-hydrogen) atoms. The van der Waals surface area contributed by atoms with Gasteiger partial charge in [0.1, 0.15) is 0 Å². The van der Waals surface area contributed by atoms with Gasteiger partial charge in [-0.1, -0.05) is 13.8 Å². The van der Waals surface area contributed by atoms with Crippen LogP contribution in [0.25, 0.3) is 0 Å². The molecule has 0 saturated carbocycles. The Labute approximate surface area is 121 Å². The number of carbonyl (C=O) groups excluding carboxylic acids is 2. The van der Waals surface area contributed by atoms with Gasteiger partial charge in [0.15, 0.2) is 11.6 Å². The molecule has 4 nitrogen and oxygen atoms in total. The second-order valence-electron chi connectivity index (χ2n) is 5.36. The average molecular weight is 297 g/mol. The van der Waals surface area contributed by atoms with Crippen LogP contribution >= 0.6 is 0 Å². The number of hydrogen-bond donors (Lipinski definition) is 0. The molecule has 1 heterocycles. The minimum atomic E-state index is -1.13. The van der Waals surface area contributed by atoms with E-state index in [1.165, 1.54) is 0 Å². The lowest BCUT2D eigenvalue weighted by Crippen LogP contribution is -2.33. The van der Waals surface area contributed by atoms with Crippen LogP contribution in [0.15, 0.2) is 12.1 Å². The van der Waals surface area contributed by atoms with E-state index < -0.39 is 23.3 Å². The number of ether oxygens (including phenoxy) is 1. The molecule has 1 aromatic rings. The second-order valence-corrected chi connectivity index (χ2v) is 5.36. The van der Waals surface area contributed by atoms with Crippen LogP contribution in [0.2, 0.25) is 0 Å². The number of rotatable bonds is 6. The fraction of sp³-hybridized carbons (Fsp3) is 0.467. The summed E-state index contributed by atoms with van der Waals surface area (Å²) in [4.78, 5) is 24.7. The van der Waals surface area contributed by atoms with Crippen molar-refractivity contribution in [1.29, 1.82) is 0 Å². The summed E-state index contributed by atoms with van der Waals surface area (Å²) >= 11 is 0. The molecule has 114 valence electrons. The molecule has 1 aliphatic heterocycles. The van der Waals surface area contributed by atoms with E-state index in [1.807, 2.05) is 0 Å². The first-order chi connectivity index (χ1) is 9.91. The minimum absolute atomic E-state index is 0.0962. The Morgan fingerprint density at radius 2 is 1.81 bits per heavy atom. The summed E-state index contributed by atoms with van der Waals surface area (Å²) in [5.74, 6) is -3.29. The van der Waals surface area contributed by atoms with Crippen LogP contribution < -0.4 is 4.90 Å². The first-order valence-corrected chi connectivity index (χ1v) is 6.84. The third-order valence-electron chi connectivity index (χ3n) is 3.31. The third kappa shape index (κ3) is 3.26. The van der Waals surface area contributed by atoms with Gasteiger partial charge in [0.25, 0.3) is 11.7 Å². The molecule has 6 heteroatoms. The molecule has 0 aliphatic carbocycles. The molecule has 0 bridgehead atoms. The van der Waals surface area contributed by atoms with Gasteiger partial charge >= 0.3 is 0 Å². The number of carbonyl (C=O) groups is 2. The van der Waals surface area contributed by atoms with Crippen molar-refractivity contribution < 1.29 is 23.1 Å². The lowest BCUT2D eigenvalue weighted by atomic mass is 10.1. The molecule has 0 atom stereocenters. The first kappa shape index (κ1) is 15.6. The number of amides is 1. The lowest BCUT2D eigenvalue weighted by Gasteiger charge is -2.16. The number of ketones is 1. The van der Waals surface area contributed by atoms with E-state index in [-0.39, 0.29) is 24.4 Å². The van der Waals surface area contributed by atoms with E-state index in [0.29, 0.717) is 12.5 Å². The Bertz CT molecular complexity index is 572. The molecule has 0 unspecified atom stereocenters. The predicted octanol–water partition coefficient (Wildman–Crippen LogP) is 2.56. The molecule has 1 aliphatic rings. The van der Waals surface area contributed by atoms with Crippen molar-refractivity contribution in [2.45, 2.75) is 20.3 Å². The summed E-state index contributed by atoms with van der Waals surface area (Å²) in [6, 6.07) is 1.64. The Hall–Kier alpha value is -1.82.